The van der Waals surface area contributed by atoms with Crippen LogP contribution < -0.4 is 16.0 Å². The summed E-state index contributed by atoms with van der Waals surface area (Å²) in [6.07, 6.45) is 6.41. The number of nitrogens with one attached hydrogen (secondary N) is 3. The van der Waals surface area contributed by atoms with Crippen LogP contribution in [0.2, 0.25) is 0 Å². The monoisotopic (exact) mass is 300 g/mol. The maximum Gasteiger partial charge on any atom is 0.251 e. The number of hydrogen-bond acceptors (Lipinski definition) is 2. The van der Waals surface area contributed by atoms with Crippen LogP contribution in [0.4, 0.5) is 0 Å². The summed E-state index contributed by atoms with van der Waals surface area (Å²) in [5, 5.41) is 9.47. The van der Waals surface area contributed by atoms with Crippen LogP contribution >= 0.6 is 0 Å². The summed E-state index contributed by atoms with van der Waals surface area (Å²) in [7, 11) is 1.75. The topological polar surface area (TPSA) is 65.5 Å². The van der Waals surface area contributed by atoms with E-state index in [2.05, 4.69) is 33.1 Å². The third-order valence-corrected chi connectivity index (χ3v) is 3.56. The summed E-state index contributed by atoms with van der Waals surface area (Å²) < 4.78 is 0. The summed E-state index contributed by atoms with van der Waals surface area (Å²) in [5.74, 6) is 0.729. The van der Waals surface area contributed by atoms with Crippen LogP contribution in [0.3, 0.4) is 0 Å². The predicted octanol–water partition coefficient (Wildman–Crippen LogP) is 1.61. The normalized spacial score (nSPS) is 14.9. The number of rotatable bonds is 5. The lowest BCUT2D eigenvalue weighted by Gasteiger charge is -2.17. The van der Waals surface area contributed by atoms with Crippen LogP contribution in [0.25, 0.3) is 0 Å². The lowest BCUT2D eigenvalue weighted by atomic mass is 10.1. The Morgan fingerprint density at radius 2 is 1.95 bits per heavy atom. The van der Waals surface area contributed by atoms with Crippen molar-refractivity contribution >= 4 is 11.9 Å². The zero-order valence-electron chi connectivity index (χ0n) is 13.2. The Morgan fingerprint density at radius 3 is 2.64 bits per heavy atom. The highest BCUT2D eigenvalue weighted by molar-refractivity contribution is 5.94. The maximum absolute atomic E-state index is 12.0. The molecule has 1 amide bonds. The molecule has 0 bridgehead atoms. The number of benzene rings is 1. The molecule has 0 saturated heterocycles. The van der Waals surface area contributed by atoms with E-state index in [1.807, 2.05) is 31.2 Å². The fourth-order valence-electron chi connectivity index (χ4n) is 2.37. The second kappa shape index (κ2) is 8.22. The minimum atomic E-state index is -0.0477. The van der Waals surface area contributed by atoms with E-state index in [0.29, 0.717) is 24.7 Å². The highest BCUT2D eigenvalue weighted by Gasteiger charge is 2.11. The minimum absolute atomic E-state index is 0.0477. The van der Waals surface area contributed by atoms with Crippen LogP contribution in [0.5, 0.6) is 0 Å². The average molecular weight is 300 g/mol. The van der Waals surface area contributed by atoms with Gasteiger partial charge in [0.2, 0.25) is 0 Å². The smallest absolute Gasteiger partial charge is 0.251 e. The van der Waals surface area contributed by atoms with Crippen molar-refractivity contribution in [2.45, 2.75) is 25.8 Å². The second-order valence-corrected chi connectivity index (χ2v) is 5.41. The van der Waals surface area contributed by atoms with Crippen molar-refractivity contribution in [3.63, 3.8) is 0 Å². The number of carbonyl (C=O) groups is 1. The quantitative estimate of drug-likeness (QED) is 0.335. The molecule has 0 fully saturated rings. The van der Waals surface area contributed by atoms with E-state index in [-0.39, 0.29) is 5.91 Å². The van der Waals surface area contributed by atoms with Gasteiger partial charge in [0.1, 0.15) is 0 Å². The molecule has 1 aromatic rings. The van der Waals surface area contributed by atoms with Gasteiger partial charge >= 0.3 is 0 Å². The number of carbonyl (C=O) groups excluding carboxylic acids is 1. The predicted molar refractivity (Wildman–Crippen MR) is 90.2 cm³/mol. The molecule has 118 valence electrons. The SMILES string of the molecule is CN=C(NCCNC(=O)c1cccc(C)c1)NC1CC=CC1. The third-order valence-electron chi connectivity index (χ3n) is 3.56. The van der Waals surface area contributed by atoms with Gasteiger partial charge in [-0.2, -0.15) is 0 Å². The maximum atomic E-state index is 12.0. The van der Waals surface area contributed by atoms with Crippen molar-refractivity contribution < 1.29 is 4.79 Å². The fraction of sp³-hybridized carbons (Fsp3) is 0.412. The molecule has 0 heterocycles. The van der Waals surface area contributed by atoms with Crippen molar-refractivity contribution in [3.05, 3.63) is 47.5 Å². The highest BCUT2D eigenvalue weighted by atomic mass is 16.1. The van der Waals surface area contributed by atoms with E-state index in [1.54, 1.807) is 7.05 Å². The minimum Gasteiger partial charge on any atom is -0.355 e. The highest BCUT2D eigenvalue weighted by Crippen LogP contribution is 2.08. The number of nitrogens with zero attached hydrogens (tertiary/aromatic N) is 1. The lowest BCUT2D eigenvalue weighted by Crippen LogP contribution is -2.45. The number of guanidine groups is 1. The molecule has 5 heteroatoms. The Kier molecular flexibility index (Phi) is 6.01. The molecule has 0 aliphatic heterocycles. The third kappa shape index (κ3) is 4.91. The van der Waals surface area contributed by atoms with Gasteiger partial charge in [0, 0.05) is 31.7 Å². The van der Waals surface area contributed by atoms with Gasteiger partial charge in [-0.15, -0.1) is 0 Å². The van der Waals surface area contributed by atoms with Gasteiger partial charge in [-0.1, -0.05) is 29.8 Å². The molecule has 2 rings (SSSR count). The van der Waals surface area contributed by atoms with Gasteiger partial charge in [0.15, 0.2) is 5.96 Å². The van der Waals surface area contributed by atoms with Crippen LogP contribution in [-0.2, 0) is 0 Å². The van der Waals surface area contributed by atoms with Gasteiger partial charge in [0.25, 0.3) is 5.91 Å². The Balaban J connectivity index is 1.68. The van der Waals surface area contributed by atoms with Crippen molar-refractivity contribution in [1.82, 2.24) is 16.0 Å². The molecular weight excluding hydrogens is 276 g/mol. The summed E-state index contributed by atoms with van der Waals surface area (Å²) in [6.45, 7) is 3.17. The summed E-state index contributed by atoms with van der Waals surface area (Å²) in [5.41, 5.74) is 1.78. The van der Waals surface area contributed by atoms with E-state index < -0.39 is 0 Å². The van der Waals surface area contributed by atoms with Gasteiger partial charge in [-0.05, 0) is 31.9 Å². The number of aryl methyl sites for hydroxylation is 1. The average Bonchev–Trinajstić information content (AvgIpc) is 3.03. The molecule has 0 unspecified atom stereocenters. The Hall–Kier alpha value is -2.30. The standard InChI is InChI=1S/C17H24N4O/c1-13-6-5-7-14(12-13)16(22)19-10-11-20-17(18-2)21-15-8-3-4-9-15/h3-7,12,15H,8-11H2,1-2H3,(H,19,22)(H2,18,20,21). The van der Waals surface area contributed by atoms with E-state index >= 15 is 0 Å². The first-order valence-electron chi connectivity index (χ1n) is 7.66. The molecule has 5 nitrogen and oxygen atoms in total. The van der Waals surface area contributed by atoms with E-state index in [9.17, 15) is 4.79 Å². The van der Waals surface area contributed by atoms with Gasteiger partial charge in [-0.3, -0.25) is 9.79 Å². The molecule has 22 heavy (non-hydrogen) atoms. The molecule has 0 radical (unpaired) electrons. The van der Waals surface area contributed by atoms with Crippen LogP contribution in [-0.4, -0.2) is 38.0 Å². The first-order valence-corrected chi connectivity index (χ1v) is 7.66. The number of hydrogen-bond donors (Lipinski definition) is 3. The van der Waals surface area contributed by atoms with Gasteiger partial charge in [-0.25, -0.2) is 0 Å². The second-order valence-electron chi connectivity index (χ2n) is 5.41. The van der Waals surface area contributed by atoms with Gasteiger partial charge in [0.05, 0.1) is 0 Å². The number of amides is 1. The van der Waals surface area contributed by atoms with E-state index in [0.717, 1.165) is 24.4 Å². The molecule has 3 N–H and O–H groups in total. The Morgan fingerprint density at radius 1 is 1.23 bits per heavy atom. The van der Waals surface area contributed by atoms with E-state index in [4.69, 9.17) is 0 Å². The first kappa shape index (κ1) is 16.1. The van der Waals surface area contributed by atoms with E-state index in [1.165, 1.54) is 0 Å². The zero-order valence-corrected chi connectivity index (χ0v) is 13.2. The number of aliphatic imine (C=N–C) groups is 1. The Bertz CT molecular complexity index is 558. The largest absolute Gasteiger partial charge is 0.355 e. The fourth-order valence-corrected chi connectivity index (χ4v) is 2.37. The van der Waals surface area contributed by atoms with Crippen molar-refractivity contribution in [2.75, 3.05) is 20.1 Å². The molecule has 1 aliphatic rings. The first-order chi connectivity index (χ1) is 10.7. The molecule has 0 aromatic heterocycles. The lowest BCUT2D eigenvalue weighted by molar-refractivity contribution is 0.0954. The van der Waals surface area contributed by atoms with Gasteiger partial charge < -0.3 is 16.0 Å². The van der Waals surface area contributed by atoms with Crippen LogP contribution in [0.1, 0.15) is 28.8 Å². The van der Waals surface area contributed by atoms with Crippen molar-refractivity contribution in [3.8, 4) is 0 Å². The molecule has 0 atom stereocenters. The Labute approximate surface area is 131 Å². The molecule has 0 spiro atoms. The molecule has 0 saturated carbocycles. The van der Waals surface area contributed by atoms with Crippen LogP contribution in [0.15, 0.2) is 41.4 Å². The molecule has 1 aromatic carbocycles. The van der Waals surface area contributed by atoms with Crippen molar-refractivity contribution in [2.24, 2.45) is 4.99 Å². The molecular formula is C17H24N4O. The summed E-state index contributed by atoms with van der Waals surface area (Å²) in [4.78, 5) is 16.2. The van der Waals surface area contributed by atoms with Crippen molar-refractivity contribution in [1.29, 1.82) is 0 Å². The summed E-state index contributed by atoms with van der Waals surface area (Å²) in [6, 6.07) is 8.00. The van der Waals surface area contributed by atoms with Crippen LogP contribution in [0, 0.1) is 6.92 Å². The zero-order chi connectivity index (χ0) is 15.8. The summed E-state index contributed by atoms with van der Waals surface area (Å²) >= 11 is 0. The molecule has 1 aliphatic carbocycles.